The summed E-state index contributed by atoms with van der Waals surface area (Å²) in [7, 11) is 1.90. The van der Waals surface area contributed by atoms with E-state index < -0.39 is 0 Å². The number of amides is 1. The van der Waals surface area contributed by atoms with Crippen molar-refractivity contribution in [1.29, 1.82) is 0 Å². The Balaban J connectivity index is 1.53. The number of carbonyl (C=O) groups excluding carboxylic acids is 1. The Kier molecular flexibility index (Phi) is 5.23. The van der Waals surface area contributed by atoms with Crippen molar-refractivity contribution in [2.24, 2.45) is 5.41 Å². The predicted octanol–water partition coefficient (Wildman–Crippen LogP) is 3.09. The number of rotatable bonds is 5. The minimum atomic E-state index is 0.0548. The van der Waals surface area contributed by atoms with E-state index in [9.17, 15) is 4.79 Å². The molecule has 1 aliphatic rings. The van der Waals surface area contributed by atoms with Gasteiger partial charge < -0.3 is 4.90 Å². The zero-order valence-corrected chi connectivity index (χ0v) is 15.5. The zero-order valence-electron chi connectivity index (χ0n) is 15.5. The number of likely N-dealkylation sites (tertiary alicyclic amines) is 1. The smallest absolute Gasteiger partial charge is 0.257 e. The molecule has 0 spiro atoms. The van der Waals surface area contributed by atoms with Gasteiger partial charge in [-0.25, -0.2) is 0 Å². The second-order valence-electron chi connectivity index (χ2n) is 7.64. The second kappa shape index (κ2) is 7.40. The Bertz CT molecular complexity index is 701. The topological polar surface area (TPSA) is 52.2 Å². The molecule has 0 radical (unpaired) electrons. The first kappa shape index (κ1) is 17.7. The van der Waals surface area contributed by atoms with E-state index in [1.54, 1.807) is 6.20 Å². The van der Waals surface area contributed by atoms with Gasteiger partial charge >= 0.3 is 0 Å². The quantitative estimate of drug-likeness (QED) is 0.910. The largest absolute Gasteiger partial charge is 0.341 e. The van der Waals surface area contributed by atoms with E-state index in [2.05, 4.69) is 52.4 Å². The monoisotopic (exact) mass is 340 g/mol. The van der Waals surface area contributed by atoms with E-state index in [-0.39, 0.29) is 11.3 Å². The highest BCUT2D eigenvalue weighted by Gasteiger charge is 2.32. The SMILES string of the molecule is Cc1[nH]ncc1C(=O)N(C)CC1(C)CCN(Cc2ccccc2)CC1. The minimum absolute atomic E-state index is 0.0548. The van der Waals surface area contributed by atoms with E-state index >= 15 is 0 Å². The van der Waals surface area contributed by atoms with E-state index in [1.807, 2.05) is 18.9 Å². The third kappa shape index (κ3) is 4.28. The molecule has 1 fully saturated rings. The van der Waals surface area contributed by atoms with Crippen molar-refractivity contribution in [1.82, 2.24) is 20.0 Å². The molecule has 5 heteroatoms. The Labute approximate surface area is 150 Å². The number of aryl methyl sites for hydroxylation is 1. The molecule has 0 atom stereocenters. The minimum Gasteiger partial charge on any atom is -0.341 e. The number of hydrogen-bond acceptors (Lipinski definition) is 3. The maximum atomic E-state index is 12.6. The van der Waals surface area contributed by atoms with E-state index in [0.29, 0.717) is 5.56 Å². The molecule has 1 aliphatic heterocycles. The molecule has 3 rings (SSSR count). The number of hydrogen-bond donors (Lipinski definition) is 1. The first-order valence-electron chi connectivity index (χ1n) is 8.99. The molecule has 1 N–H and O–H groups in total. The van der Waals surface area contributed by atoms with Gasteiger partial charge in [0.05, 0.1) is 11.8 Å². The third-order valence-electron chi connectivity index (χ3n) is 5.34. The van der Waals surface area contributed by atoms with Crippen molar-refractivity contribution >= 4 is 5.91 Å². The molecule has 1 amide bonds. The Morgan fingerprint density at radius 2 is 1.96 bits per heavy atom. The number of carbonyl (C=O) groups is 1. The first-order valence-corrected chi connectivity index (χ1v) is 8.99. The van der Waals surface area contributed by atoms with Gasteiger partial charge in [0.15, 0.2) is 0 Å². The van der Waals surface area contributed by atoms with Crippen molar-refractivity contribution in [2.45, 2.75) is 33.2 Å². The number of aromatic nitrogens is 2. The van der Waals surface area contributed by atoms with Gasteiger partial charge in [-0.15, -0.1) is 0 Å². The van der Waals surface area contributed by atoms with Gasteiger partial charge in [-0.3, -0.25) is 14.8 Å². The normalized spacial score (nSPS) is 17.4. The first-order chi connectivity index (χ1) is 12.0. The predicted molar refractivity (Wildman–Crippen MR) is 99.3 cm³/mol. The zero-order chi connectivity index (χ0) is 17.9. The van der Waals surface area contributed by atoms with Crippen LogP contribution in [-0.2, 0) is 6.54 Å². The lowest BCUT2D eigenvalue weighted by Crippen LogP contribution is -2.45. The van der Waals surface area contributed by atoms with E-state index in [4.69, 9.17) is 0 Å². The summed E-state index contributed by atoms with van der Waals surface area (Å²) in [4.78, 5) is 17.0. The third-order valence-corrected chi connectivity index (χ3v) is 5.34. The van der Waals surface area contributed by atoms with E-state index in [1.165, 1.54) is 5.56 Å². The van der Waals surface area contributed by atoms with Crippen LogP contribution in [0.1, 0.15) is 41.4 Å². The fourth-order valence-corrected chi connectivity index (χ4v) is 3.67. The molecular weight excluding hydrogens is 312 g/mol. The van der Waals surface area contributed by atoms with Gasteiger partial charge in [-0.2, -0.15) is 5.10 Å². The lowest BCUT2D eigenvalue weighted by molar-refractivity contribution is 0.0573. The average Bonchev–Trinajstić information content (AvgIpc) is 3.03. The number of aromatic amines is 1. The van der Waals surface area contributed by atoms with Crippen LogP contribution in [0.25, 0.3) is 0 Å². The second-order valence-corrected chi connectivity index (χ2v) is 7.64. The molecular formula is C20H28N4O. The van der Waals surface area contributed by atoms with Crippen LogP contribution in [0.4, 0.5) is 0 Å². The maximum Gasteiger partial charge on any atom is 0.257 e. The summed E-state index contributed by atoms with van der Waals surface area (Å²) >= 11 is 0. The van der Waals surface area contributed by atoms with Gasteiger partial charge in [0.2, 0.25) is 0 Å². The molecule has 0 bridgehead atoms. The van der Waals surface area contributed by atoms with E-state index in [0.717, 1.165) is 44.7 Å². The van der Waals surface area contributed by atoms with Crippen LogP contribution in [0.15, 0.2) is 36.5 Å². The fourth-order valence-electron chi connectivity index (χ4n) is 3.67. The molecule has 2 aromatic rings. The van der Waals surface area contributed by atoms with Gasteiger partial charge in [0.1, 0.15) is 0 Å². The molecule has 1 aromatic heterocycles. The van der Waals surface area contributed by atoms with Crippen molar-refractivity contribution in [3.05, 3.63) is 53.3 Å². The number of nitrogens with one attached hydrogen (secondary N) is 1. The summed E-state index contributed by atoms with van der Waals surface area (Å²) in [6.45, 7) is 8.16. The summed E-state index contributed by atoms with van der Waals surface area (Å²) in [6.07, 6.45) is 3.85. The summed E-state index contributed by atoms with van der Waals surface area (Å²) in [5, 5.41) is 6.80. The molecule has 0 aliphatic carbocycles. The molecule has 2 heterocycles. The fraction of sp³-hybridized carbons (Fsp3) is 0.500. The van der Waals surface area contributed by atoms with Gasteiger partial charge in [0.25, 0.3) is 5.91 Å². The summed E-state index contributed by atoms with van der Waals surface area (Å²) in [6, 6.07) is 10.6. The molecule has 1 saturated heterocycles. The van der Waals surface area contributed by atoms with Crippen LogP contribution in [-0.4, -0.2) is 52.6 Å². The van der Waals surface area contributed by atoms with Crippen LogP contribution in [0.3, 0.4) is 0 Å². The number of H-pyrrole nitrogens is 1. The Morgan fingerprint density at radius 1 is 1.28 bits per heavy atom. The molecule has 134 valence electrons. The highest BCUT2D eigenvalue weighted by atomic mass is 16.2. The van der Waals surface area contributed by atoms with Crippen molar-refractivity contribution in [2.75, 3.05) is 26.7 Å². The summed E-state index contributed by atoms with van der Waals surface area (Å²) in [5.41, 5.74) is 3.05. The highest BCUT2D eigenvalue weighted by Crippen LogP contribution is 2.32. The Hall–Kier alpha value is -2.14. The molecule has 1 aromatic carbocycles. The maximum absolute atomic E-state index is 12.6. The number of benzene rings is 1. The Morgan fingerprint density at radius 3 is 2.56 bits per heavy atom. The lowest BCUT2D eigenvalue weighted by Gasteiger charge is -2.41. The molecule has 5 nitrogen and oxygen atoms in total. The summed E-state index contributed by atoms with van der Waals surface area (Å²) < 4.78 is 0. The summed E-state index contributed by atoms with van der Waals surface area (Å²) in [5.74, 6) is 0.0548. The van der Waals surface area contributed by atoms with Gasteiger partial charge in [-0.05, 0) is 43.8 Å². The lowest BCUT2D eigenvalue weighted by atomic mass is 9.79. The van der Waals surface area contributed by atoms with Crippen molar-refractivity contribution in [3.63, 3.8) is 0 Å². The number of nitrogens with zero attached hydrogens (tertiary/aromatic N) is 3. The average molecular weight is 340 g/mol. The van der Waals surface area contributed by atoms with Crippen LogP contribution in [0.5, 0.6) is 0 Å². The van der Waals surface area contributed by atoms with Gasteiger partial charge in [0, 0.05) is 25.8 Å². The standard InChI is InChI=1S/C20H28N4O/c1-16-18(13-21-22-16)19(25)23(3)15-20(2)9-11-24(12-10-20)14-17-7-5-4-6-8-17/h4-8,13H,9-12,14-15H2,1-3H3,(H,21,22). The van der Waals surface area contributed by atoms with Crippen LogP contribution in [0.2, 0.25) is 0 Å². The van der Waals surface area contributed by atoms with Gasteiger partial charge in [-0.1, -0.05) is 37.3 Å². The highest BCUT2D eigenvalue weighted by molar-refractivity contribution is 5.94. The van der Waals surface area contributed by atoms with Crippen LogP contribution >= 0.6 is 0 Å². The molecule has 0 saturated carbocycles. The molecule has 25 heavy (non-hydrogen) atoms. The van der Waals surface area contributed by atoms with Crippen molar-refractivity contribution < 1.29 is 4.79 Å². The molecule has 0 unspecified atom stereocenters. The van der Waals surface area contributed by atoms with Crippen molar-refractivity contribution in [3.8, 4) is 0 Å². The number of piperidine rings is 1. The van der Waals surface area contributed by atoms with Crippen LogP contribution in [0, 0.1) is 12.3 Å². The van der Waals surface area contributed by atoms with Crippen LogP contribution < -0.4 is 0 Å².